The predicted octanol–water partition coefficient (Wildman–Crippen LogP) is 12.9. The molecule has 2 heteroatoms. The van der Waals surface area contributed by atoms with Gasteiger partial charge >= 0.3 is 0 Å². The first-order chi connectivity index (χ1) is 24.7. The molecule has 8 aromatic rings. The maximum Gasteiger partial charge on any atom is 0.137 e. The molecule has 0 saturated heterocycles. The highest BCUT2D eigenvalue weighted by Crippen LogP contribution is 2.62. The minimum atomic E-state index is -0.464. The van der Waals surface area contributed by atoms with Crippen molar-refractivity contribution in [1.29, 1.82) is 0 Å². The molecule has 1 spiro atoms. The van der Waals surface area contributed by atoms with Gasteiger partial charge in [0.15, 0.2) is 0 Å². The quantitative estimate of drug-likeness (QED) is 0.174. The van der Waals surface area contributed by atoms with E-state index in [9.17, 15) is 0 Å². The van der Waals surface area contributed by atoms with Crippen LogP contribution in [0.2, 0.25) is 0 Å². The maximum absolute atomic E-state index is 6.83. The van der Waals surface area contributed by atoms with E-state index in [1.165, 1.54) is 55.3 Å². The Morgan fingerprint density at radius 3 is 1.98 bits per heavy atom. The van der Waals surface area contributed by atoms with Gasteiger partial charge in [-0.25, -0.2) is 0 Å². The molecule has 0 fully saturated rings. The number of allylic oxidation sites excluding steroid dienone is 4. The summed E-state index contributed by atoms with van der Waals surface area (Å²) in [5.41, 5.74) is 14.7. The van der Waals surface area contributed by atoms with Crippen molar-refractivity contribution < 1.29 is 4.42 Å². The van der Waals surface area contributed by atoms with Crippen LogP contribution >= 0.6 is 0 Å². The summed E-state index contributed by atoms with van der Waals surface area (Å²) in [6.45, 7) is 6.18. The van der Waals surface area contributed by atoms with Crippen LogP contribution in [0.15, 0.2) is 187 Å². The average molecular weight is 640 g/mol. The van der Waals surface area contributed by atoms with Crippen molar-refractivity contribution in [3.05, 3.63) is 204 Å². The summed E-state index contributed by atoms with van der Waals surface area (Å²) >= 11 is 0. The summed E-state index contributed by atoms with van der Waals surface area (Å²) in [5.74, 6) is 0. The number of fused-ring (bicyclic) bond motifs is 12. The molecule has 0 atom stereocenters. The first-order valence-electron chi connectivity index (χ1n) is 17.3. The van der Waals surface area contributed by atoms with E-state index < -0.39 is 5.41 Å². The zero-order valence-corrected chi connectivity index (χ0v) is 27.7. The van der Waals surface area contributed by atoms with E-state index in [0.717, 1.165) is 39.0 Å². The second kappa shape index (κ2) is 10.8. The van der Waals surface area contributed by atoms with Gasteiger partial charge < -0.3 is 9.32 Å². The first-order valence-corrected chi connectivity index (χ1v) is 17.3. The average Bonchev–Trinajstić information content (AvgIpc) is 3.68. The molecule has 0 aliphatic heterocycles. The SMILES string of the molecule is C=C/C(=C\C=C/C)N(c1ccccc1)c1ccc2c(c1)oc1cc3c(cc12)C1(c2ccccc2-c2ccccc21)c1cccc2cccc-3c12. The lowest BCUT2D eigenvalue weighted by molar-refractivity contribution is 0.668. The summed E-state index contributed by atoms with van der Waals surface area (Å²) in [4.78, 5) is 2.23. The third kappa shape index (κ3) is 3.79. The lowest BCUT2D eigenvalue weighted by Crippen LogP contribution is -2.31. The fourth-order valence-corrected chi connectivity index (χ4v) is 8.77. The fourth-order valence-electron chi connectivity index (χ4n) is 8.77. The Morgan fingerprint density at radius 2 is 1.24 bits per heavy atom. The number of hydrogen-bond acceptors (Lipinski definition) is 2. The van der Waals surface area contributed by atoms with Gasteiger partial charge in [-0.05, 0) is 111 Å². The summed E-state index contributed by atoms with van der Waals surface area (Å²) in [5, 5.41) is 4.79. The third-order valence-corrected chi connectivity index (χ3v) is 10.7. The smallest absolute Gasteiger partial charge is 0.137 e. The molecule has 0 unspecified atom stereocenters. The van der Waals surface area contributed by atoms with Crippen LogP contribution < -0.4 is 4.90 Å². The molecule has 236 valence electrons. The largest absolute Gasteiger partial charge is 0.456 e. The van der Waals surface area contributed by atoms with E-state index in [2.05, 4.69) is 157 Å². The zero-order valence-electron chi connectivity index (χ0n) is 27.7. The minimum Gasteiger partial charge on any atom is -0.456 e. The fraction of sp³-hybridized carbons (Fsp3) is 0.0417. The molecule has 50 heavy (non-hydrogen) atoms. The van der Waals surface area contributed by atoms with Crippen LogP contribution in [0.25, 0.3) is 55.0 Å². The van der Waals surface area contributed by atoms with Crippen LogP contribution in [0.1, 0.15) is 29.2 Å². The normalized spacial score (nSPS) is 14.0. The monoisotopic (exact) mass is 639 g/mol. The highest BCUT2D eigenvalue weighted by molar-refractivity contribution is 6.12. The third-order valence-electron chi connectivity index (χ3n) is 10.7. The Bertz CT molecular complexity index is 2690. The Hall–Kier alpha value is -6.38. The van der Waals surface area contributed by atoms with Crippen LogP contribution in [0.5, 0.6) is 0 Å². The topological polar surface area (TPSA) is 16.4 Å². The van der Waals surface area contributed by atoms with Gasteiger partial charge in [-0.3, -0.25) is 0 Å². The standard InChI is InChI=1S/C48H33NO/c1-3-5-17-32(4-2)49(33-18-7-6-8-19-33)34-26-27-37-40-29-44-39(30-46(40)50-45(37)28-34)38-22-13-15-31-16-14-25-43(47(31)38)48(44)41-23-11-9-20-35(41)36-21-10-12-24-42(36)48/h3-30H,2H2,1H3/b5-3-,32-17+. The second-order valence-electron chi connectivity index (χ2n) is 13.2. The molecule has 1 aromatic heterocycles. The Kier molecular flexibility index (Phi) is 6.19. The molecule has 2 nitrogen and oxygen atoms in total. The number of nitrogens with zero attached hydrogens (tertiary/aromatic N) is 1. The molecular formula is C48H33NO. The molecule has 2 aliphatic rings. The number of para-hydroxylation sites is 1. The van der Waals surface area contributed by atoms with Crippen LogP contribution in [0.3, 0.4) is 0 Å². The predicted molar refractivity (Wildman–Crippen MR) is 209 cm³/mol. The van der Waals surface area contributed by atoms with Crippen molar-refractivity contribution in [3.63, 3.8) is 0 Å². The van der Waals surface area contributed by atoms with Crippen molar-refractivity contribution >= 4 is 44.1 Å². The van der Waals surface area contributed by atoms with Crippen LogP contribution in [0, 0.1) is 0 Å². The van der Waals surface area contributed by atoms with Crippen molar-refractivity contribution in [2.75, 3.05) is 4.90 Å². The highest BCUT2D eigenvalue weighted by atomic mass is 16.3. The van der Waals surface area contributed by atoms with Crippen LogP contribution in [-0.4, -0.2) is 0 Å². The maximum atomic E-state index is 6.83. The number of benzene rings is 7. The molecule has 1 heterocycles. The number of furan rings is 1. The van der Waals surface area contributed by atoms with E-state index in [1.807, 2.05) is 31.2 Å². The van der Waals surface area contributed by atoms with Gasteiger partial charge in [0, 0.05) is 33.9 Å². The minimum absolute atomic E-state index is 0.464. The Morgan fingerprint density at radius 1 is 0.580 bits per heavy atom. The van der Waals surface area contributed by atoms with Crippen molar-refractivity contribution in [1.82, 2.24) is 0 Å². The number of anilines is 2. The molecule has 0 N–H and O–H groups in total. The van der Waals surface area contributed by atoms with Gasteiger partial charge in [0.05, 0.1) is 5.41 Å². The van der Waals surface area contributed by atoms with Crippen molar-refractivity contribution in [3.8, 4) is 22.3 Å². The summed E-state index contributed by atoms with van der Waals surface area (Å²) < 4.78 is 6.83. The van der Waals surface area contributed by atoms with Crippen LogP contribution in [0.4, 0.5) is 11.4 Å². The Balaban J connectivity index is 1.28. The molecule has 7 aromatic carbocycles. The van der Waals surface area contributed by atoms with Gasteiger partial charge in [0.2, 0.25) is 0 Å². The molecule has 10 rings (SSSR count). The van der Waals surface area contributed by atoms with Gasteiger partial charge in [-0.1, -0.05) is 122 Å². The molecule has 0 radical (unpaired) electrons. The van der Waals surface area contributed by atoms with Crippen molar-refractivity contribution in [2.45, 2.75) is 12.3 Å². The van der Waals surface area contributed by atoms with Gasteiger partial charge in [0.1, 0.15) is 11.2 Å². The highest BCUT2D eigenvalue weighted by Gasteiger charge is 2.50. The number of rotatable bonds is 5. The molecular weight excluding hydrogens is 607 g/mol. The van der Waals surface area contributed by atoms with E-state index in [1.54, 1.807) is 0 Å². The Labute approximate surface area is 291 Å². The van der Waals surface area contributed by atoms with Crippen molar-refractivity contribution in [2.24, 2.45) is 0 Å². The van der Waals surface area contributed by atoms with E-state index in [4.69, 9.17) is 4.42 Å². The molecule has 0 bridgehead atoms. The summed E-state index contributed by atoms with van der Waals surface area (Å²) in [7, 11) is 0. The van der Waals surface area contributed by atoms with Gasteiger partial charge in [-0.2, -0.15) is 0 Å². The molecule has 2 aliphatic carbocycles. The lowest BCUT2D eigenvalue weighted by atomic mass is 9.61. The van der Waals surface area contributed by atoms with Gasteiger partial charge in [-0.15, -0.1) is 0 Å². The lowest BCUT2D eigenvalue weighted by Gasteiger charge is -2.40. The van der Waals surface area contributed by atoms with E-state index in [-0.39, 0.29) is 0 Å². The summed E-state index contributed by atoms with van der Waals surface area (Å²) in [6, 6.07) is 53.3. The molecule has 0 amide bonds. The first kappa shape index (κ1) is 28.6. The summed E-state index contributed by atoms with van der Waals surface area (Å²) in [6.07, 6.45) is 8.07. The number of hydrogen-bond donors (Lipinski definition) is 0. The van der Waals surface area contributed by atoms with E-state index in [0.29, 0.717) is 0 Å². The van der Waals surface area contributed by atoms with Crippen LogP contribution in [-0.2, 0) is 5.41 Å². The van der Waals surface area contributed by atoms with Gasteiger partial charge in [0.25, 0.3) is 0 Å². The van der Waals surface area contributed by atoms with E-state index >= 15 is 0 Å². The second-order valence-corrected chi connectivity index (χ2v) is 13.2. The molecule has 0 saturated carbocycles. The zero-order chi connectivity index (χ0) is 33.4.